The first kappa shape index (κ1) is 15.2. The van der Waals surface area contributed by atoms with E-state index >= 15 is 0 Å². The van der Waals surface area contributed by atoms with Gasteiger partial charge < -0.3 is 10.1 Å². The van der Waals surface area contributed by atoms with Gasteiger partial charge in [0.2, 0.25) is 0 Å². The Balaban J connectivity index is 2.22. The number of aryl methyl sites for hydroxylation is 1. The van der Waals surface area contributed by atoms with Crippen molar-refractivity contribution in [1.29, 1.82) is 0 Å². The van der Waals surface area contributed by atoms with Crippen molar-refractivity contribution in [2.75, 3.05) is 12.4 Å². The van der Waals surface area contributed by atoms with Crippen molar-refractivity contribution in [3.63, 3.8) is 0 Å². The maximum absolute atomic E-state index is 12.1. The molecule has 0 aliphatic rings. The Morgan fingerprint density at radius 2 is 1.95 bits per heavy atom. The van der Waals surface area contributed by atoms with Gasteiger partial charge in [0.25, 0.3) is 11.6 Å². The smallest absolute Gasteiger partial charge is 0.358 e. The molecule has 0 unspecified atom stereocenters. The number of nitrogens with zero attached hydrogens (tertiary/aromatic N) is 3. The minimum Gasteiger partial charge on any atom is -0.464 e. The first-order valence-electron chi connectivity index (χ1n) is 6.10. The first-order valence-corrected chi connectivity index (χ1v) is 6.10. The van der Waals surface area contributed by atoms with Crippen LogP contribution in [0.2, 0.25) is 0 Å². The molecule has 1 aromatic carbocycles. The SMILES string of the molecule is COC(=O)c1c(NC(=O)c2ccc([N+](=O)[O-])cc2)cnn1C. The number of hydrogen-bond donors (Lipinski definition) is 1. The molecule has 114 valence electrons. The normalized spacial score (nSPS) is 10.1. The van der Waals surface area contributed by atoms with Gasteiger partial charge in [0.15, 0.2) is 5.69 Å². The van der Waals surface area contributed by atoms with Crippen LogP contribution in [0, 0.1) is 10.1 Å². The van der Waals surface area contributed by atoms with E-state index in [1.165, 1.54) is 49.3 Å². The second kappa shape index (κ2) is 6.04. The summed E-state index contributed by atoms with van der Waals surface area (Å²) in [6.45, 7) is 0. The molecule has 0 spiro atoms. The summed E-state index contributed by atoms with van der Waals surface area (Å²) >= 11 is 0. The highest BCUT2D eigenvalue weighted by atomic mass is 16.6. The molecule has 0 bridgehead atoms. The topological polar surface area (TPSA) is 116 Å². The molecule has 0 saturated carbocycles. The number of hydrogen-bond acceptors (Lipinski definition) is 6. The Kier molecular flexibility index (Phi) is 4.16. The second-order valence-corrected chi connectivity index (χ2v) is 4.28. The van der Waals surface area contributed by atoms with E-state index in [0.29, 0.717) is 0 Å². The van der Waals surface area contributed by atoms with Crippen LogP contribution < -0.4 is 5.32 Å². The van der Waals surface area contributed by atoms with Crippen molar-refractivity contribution < 1.29 is 19.2 Å². The van der Waals surface area contributed by atoms with Crippen LogP contribution in [0.5, 0.6) is 0 Å². The third-order valence-electron chi connectivity index (χ3n) is 2.91. The van der Waals surface area contributed by atoms with Crippen LogP contribution in [0.3, 0.4) is 0 Å². The van der Waals surface area contributed by atoms with E-state index in [-0.39, 0.29) is 22.6 Å². The van der Waals surface area contributed by atoms with Crippen molar-refractivity contribution in [3.05, 3.63) is 51.8 Å². The summed E-state index contributed by atoms with van der Waals surface area (Å²) < 4.78 is 5.89. The van der Waals surface area contributed by atoms with Gasteiger partial charge in [-0.1, -0.05) is 0 Å². The Morgan fingerprint density at radius 1 is 1.32 bits per heavy atom. The Bertz CT molecular complexity index is 735. The predicted molar refractivity (Wildman–Crippen MR) is 75.6 cm³/mol. The lowest BCUT2D eigenvalue weighted by molar-refractivity contribution is -0.384. The molecule has 0 radical (unpaired) electrons. The molecular formula is C13H12N4O5. The van der Waals surface area contributed by atoms with Crippen LogP contribution in [-0.4, -0.2) is 33.7 Å². The third-order valence-corrected chi connectivity index (χ3v) is 2.91. The van der Waals surface area contributed by atoms with E-state index < -0.39 is 16.8 Å². The number of esters is 1. The maximum atomic E-state index is 12.1. The molecule has 0 saturated heterocycles. The largest absolute Gasteiger partial charge is 0.464 e. The van der Waals surface area contributed by atoms with Crippen LogP contribution in [-0.2, 0) is 11.8 Å². The van der Waals surface area contributed by atoms with Crippen LogP contribution in [0.4, 0.5) is 11.4 Å². The summed E-state index contributed by atoms with van der Waals surface area (Å²) in [4.78, 5) is 33.8. The van der Waals surface area contributed by atoms with Gasteiger partial charge in [-0.2, -0.15) is 5.10 Å². The number of nitrogens with one attached hydrogen (secondary N) is 1. The highest BCUT2D eigenvalue weighted by Crippen LogP contribution is 2.17. The number of methoxy groups -OCH3 is 1. The number of nitro benzene ring substituents is 1. The lowest BCUT2D eigenvalue weighted by Crippen LogP contribution is -2.16. The third kappa shape index (κ3) is 2.92. The van der Waals surface area contributed by atoms with E-state index in [4.69, 9.17) is 0 Å². The number of aromatic nitrogens is 2. The Morgan fingerprint density at radius 3 is 2.50 bits per heavy atom. The molecular weight excluding hydrogens is 292 g/mol. The average Bonchev–Trinajstić information content (AvgIpc) is 2.87. The average molecular weight is 304 g/mol. The number of non-ortho nitro benzene ring substituents is 1. The fourth-order valence-corrected chi connectivity index (χ4v) is 1.80. The van der Waals surface area contributed by atoms with Crippen molar-refractivity contribution >= 4 is 23.3 Å². The number of amides is 1. The highest BCUT2D eigenvalue weighted by molar-refractivity contribution is 6.07. The molecule has 0 fully saturated rings. The molecule has 0 aliphatic carbocycles. The lowest BCUT2D eigenvalue weighted by Gasteiger charge is -2.06. The van der Waals surface area contributed by atoms with Crippen LogP contribution in [0.15, 0.2) is 30.5 Å². The molecule has 2 aromatic rings. The predicted octanol–water partition coefficient (Wildman–Crippen LogP) is 1.37. The lowest BCUT2D eigenvalue weighted by atomic mass is 10.2. The van der Waals surface area contributed by atoms with E-state index in [9.17, 15) is 19.7 Å². The number of carbonyl (C=O) groups excluding carboxylic acids is 2. The van der Waals surface area contributed by atoms with Gasteiger partial charge in [-0.3, -0.25) is 19.6 Å². The quantitative estimate of drug-likeness (QED) is 0.518. The van der Waals surface area contributed by atoms with Gasteiger partial charge >= 0.3 is 5.97 Å². The number of rotatable bonds is 4. The van der Waals surface area contributed by atoms with Gasteiger partial charge in [0.1, 0.15) is 0 Å². The molecule has 9 heteroatoms. The van der Waals surface area contributed by atoms with Gasteiger partial charge in [0.05, 0.1) is 23.9 Å². The van der Waals surface area contributed by atoms with Crippen molar-refractivity contribution in [1.82, 2.24) is 9.78 Å². The van der Waals surface area contributed by atoms with Crippen LogP contribution >= 0.6 is 0 Å². The van der Waals surface area contributed by atoms with Crippen LogP contribution in [0.25, 0.3) is 0 Å². The summed E-state index contributed by atoms with van der Waals surface area (Å²) in [6.07, 6.45) is 1.32. The van der Waals surface area contributed by atoms with Gasteiger partial charge in [-0.25, -0.2) is 4.79 Å². The van der Waals surface area contributed by atoms with Gasteiger partial charge in [-0.05, 0) is 12.1 Å². The van der Waals surface area contributed by atoms with E-state index in [2.05, 4.69) is 15.2 Å². The van der Waals surface area contributed by atoms with Crippen LogP contribution in [0.1, 0.15) is 20.8 Å². The summed E-state index contributed by atoms with van der Waals surface area (Å²) in [5.41, 5.74) is 0.383. The maximum Gasteiger partial charge on any atom is 0.358 e. The zero-order chi connectivity index (χ0) is 16.3. The highest BCUT2D eigenvalue weighted by Gasteiger charge is 2.20. The molecule has 1 aromatic heterocycles. The molecule has 1 heterocycles. The second-order valence-electron chi connectivity index (χ2n) is 4.28. The zero-order valence-corrected chi connectivity index (χ0v) is 11.8. The minimum absolute atomic E-state index is 0.0951. The standard InChI is InChI=1S/C13H12N4O5/c1-16-11(13(19)22-2)10(7-14-16)15-12(18)8-3-5-9(6-4-8)17(20)21/h3-7H,1-2H3,(H,15,18). The van der Waals surface area contributed by atoms with Crippen molar-refractivity contribution in [2.24, 2.45) is 7.05 Å². The monoisotopic (exact) mass is 304 g/mol. The van der Waals surface area contributed by atoms with Gasteiger partial charge in [0, 0.05) is 24.7 Å². The summed E-state index contributed by atoms with van der Waals surface area (Å²) in [7, 11) is 2.76. The summed E-state index contributed by atoms with van der Waals surface area (Å²) in [5, 5.41) is 17.0. The number of carbonyl (C=O) groups is 2. The van der Waals surface area contributed by atoms with Gasteiger partial charge in [-0.15, -0.1) is 0 Å². The molecule has 1 amide bonds. The molecule has 0 aliphatic heterocycles. The number of ether oxygens (including phenoxy) is 1. The fourth-order valence-electron chi connectivity index (χ4n) is 1.80. The summed E-state index contributed by atoms with van der Waals surface area (Å²) in [6, 6.07) is 5.09. The molecule has 22 heavy (non-hydrogen) atoms. The number of benzene rings is 1. The molecule has 9 nitrogen and oxygen atoms in total. The molecule has 2 rings (SSSR count). The molecule has 0 atom stereocenters. The Hall–Kier alpha value is -3.23. The van der Waals surface area contributed by atoms with E-state index in [1.807, 2.05) is 0 Å². The summed E-state index contributed by atoms with van der Waals surface area (Å²) in [5.74, 6) is -1.16. The fraction of sp³-hybridized carbons (Fsp3) is 0.154. The molecule has 1 N–H and O–H groups in total. The number of nitro groups is 1. The van der Waals surface area contributed by atoms with Crippen molar-refractivity contribution in [3.8, 4) is 0 Å². The zero-order valence-electron chi connectivity index (χ0n) is 11.8. The minimum atomic E-state index is -0.640. The van der Waals surface area contributed by atoms with E-state index in [0.717, 1.165) is 0 Å². The first-order chi connectivity index (χ1) is 10.4. The Labute approximate surface area is 124 Å². The van der Waals surface area contributed by atoms with E-state index in [1.54, 1.807) is 0 Å². The van der Waals surface area contributed by atoms with Crippen molar-refractivity contribution in [2.45, 2.75) is 0 Å². The number of anilines is 1.